The van der Waals surface area contributed by atoms with Gasteiger partial charge in [-0.25, -0.2) is 9.97 Å². The fourth-order valence-electron chi connectivity index (χ4n) is 4.85. The maximum absolute atomic E-state index is 13.1. The molecular formula is C25H31N5O2. The molecule has 0 radical (unpaired) electrons. The van der Waals surface area contributed by atoms with Gasteiger partial charge in [0.05, 0.1) is 11.6 Å². The van der Waals surface area contributed by atoms with Gasteiger partial charge in [0.15, 0.2) is 0 Å². The van der Waals surface area contributed by atoms with Gasteiger partial charge in [-0.05, 0) is 63.1 Å². The minimum absolute atomic E-state index is 0.00111. The quantitative estimate of drug-likeness (QED) is 0.729. The third kappa shape index (κ3) is 4.12. The molecule has 0 aliphatic carbocycles. The number of anilines is 1. The van der Waals surface area contributed by atoms with E-state index in [-0.39, 0.29) is 23.1 Å². The van der Waals surface area contributed by atoms with E-state index in [1.165, 1.54) is 0 Å². The van der Waals surface area contributed by atoms with Crippen LogP contribution >= 0.6 is 0 Å². The maximum atomic E-state index is 13.1. The lowest BCUT2D eigenvalue weighted by Crippen LogP contribution is -2.57. The van der Waals surface area contributed by atoms with E-state index in [9.17, 15) is 9.90 Å². The number of rotatable bonds is 6. The highest BCUT2D eigenvalue weighted by Crippen LogP contribution is 2.41. The smallest absolute Gasteiger partial charge is 0.255 e. The minimum atomic E-state index is -0.313. The van der Waals surface area contributed by atoms with E-state index in [4.69, 9.17) is 0 Å². The average Bonchev–Trinajstić information content (AvgIpc) is 2.85. The Bertz CT molecular complexity index is 994. The van der Waals surface area contributed by atoms with Crippen molar-refractivity contribution in [3.05, 3.63) is 72.2 Å². The number of nitrogens with one attached hydrogen (secondary N) is 1. The molecule has 7 heteroatoms. The first kappa shape index (κ1) is 22.0. The normalized spacial score (nSPS) is 23.0. The predicted octanol–water partition coefficient (Wildman–Crippen LogP) is 3.00. The van der Waals surface area contributed by atoms with Gasteiger partial charge < -0.3 is 20.2 Å². The zero-order valence-electron chi connectivity index (χ0n) is 18.7. The first-order valence-electron chi connectivity index (χ1n) is 11.3. The van der Waals surface area contributed by atoms with Crippen molar-refractivity contribution in [3.63, 3.8) is 0 Å². The summed E-state index contributed by atoms with van der Waals surface area (Å²) < 4.78 is 0. The van der Waals surface area contributed by atoms with Crippen molar-refractivity contribution in [2.45, 2.75) is 38.1 Å². The third-order valence-corrected chi connectivity index (χ3v) is 6.52. The number of amides is 1. The standard InChI is InChI=1S/C25H31N5O2/c1-3-29(4-2)23(32)19-10-11-22(30(17-19)24-27-14-7-15-28-24)25(12-6-13-26-18-25)20-8-5-9-21(31)16-20/h5,7-11,14-17,22,26,31H,3-4,6,12-13,18H2,1-2H3. The summed E-state index contributed by atoms with van der Waals surface area (Å²) in [6.07, 6.45) is 11.3. The van der Waals surface area contributed by atoms with Gasteiger partial charge in [0.2, 0.25) is 5.95 Å². The van der Waals surface area contributed by atoms with Gasteiger partial charge in [0.1, 0.15) is 5.75 Å². The zero-order chi connectivity index (χ0) is 22.6. The highest BCUT2D eigenvalue weighted by molar-refractivity contribution is 5.97. The van der Waals surface area contributed by atoms with Gasteiger partial charge in [0, 0.05) is 43.6 Å². The van der Waals surface area contributed by atoms with Crippen LogP contribution in [0.2, 0.25) is 0 Å². The molecule has 32 heavy (non-hydrogen) atoms. The molecule has 2 aromatic rings. The Labute approximate surface area is 189 Å². The number of carbonyl (C=O) groups is 1. The van der Waals surface area contributed by atoms with Crippen LogP contribution < -0.4 is 10.2 Å². The van der Waals surface area contributed by atoms with Gasteiger partial charge in [-0.2, -0.15) is 0 Å². The number of likely N-dealkylation sites (N-methyl/N-ethyl adjacent to an activating group) is 1. The molecule has 0 bridgehead atoms. The lowest BCUT2D eigenvalue weighted by molar-refractivity contribution is -0.126. The number of piperidine rings is 1. The average molecular weight is 434 g/mol. The van der Waals surface area contributed by atoms with E-state index in [0.717, 1.165) is 31.5 Å². The van der Waals surface area contributed by atoms with Crippen molar-refractivity contribution in [3.8, 4) is 5.75 Å². The van der Waals surface area contributed by atoms with E-state index in [0.29, 0.717) is 24.6 Å². The molecule has 2 aliphatic heterocycles. The van der Waals surface area contributed by atoms with Gasteiger partial charge in [0.25, 0.3) is 5.91 Å². The summed E-state index contributed by atoms with van der Waals surface area (Å²) in [6.45, 7) is 6.99. The van der Waals surface area contributed by atoms with Crippen LogP contribution in [0.1, 0.15) is 32.3 Å². The molecule has 0 spiro atoms. The summed E-state index contributed by atoms with van der Waals surface area (Å²) in [4.78, 5) is 26.0. The van der Waals surface area contributed by atoms with Crippen LogP contribution in [0.5, 0.6) is 5.75 Å². The first-order valence-corrected chi connectivity index (χ1v) is 11.3. The second-order valence-corrected chi connectivity index (χ2v) is 8.31. The van der Waals surface area contributed by atoms with E-state index < -0.39 is 0 Å². The Morgan fingerprint density at radius 2 is 2.03 bits per heavy atom. The predicted molar refractivity (Wildman–Crippen MR) is 125 cm³/mol. The highest BCUT2D eigenvalue weighted by Gasteiger charge is 2.45. The molecule has 1 aromatic carbocycles. The van der Waals surface area contributed by atoms with Crippen LogP contribution in [0.25, 0.3) is 0 Å². The van der Waals surface area contributed by atoms with E-state index in [1.807, 2.05) is 48.1 Å². The molecule has 1 amide bonds. The van der Waals surface area contributed by atoms with E-state index in [1.54, 1.807) is 24.5 Å². The van der Waals surface area contributed by atoms with Crippen LogP contribution in [-0.4, -0.2) is 58.1 Å². The Morgan fingerprint density at radius 3 is 2.69 bits per heavy atom. The molecule has 2 aliphatic rings. The maximum Gasteiger partial charge on any atom is 0.255 e. The number of aromatic hydroxyl groups is 1. The number of hydrogen-bond donors (Lipinski definition) is 2. The SMILES string of the molecule is CCN(CC)C(=O)C1=CN(c2ncccn2)C(C2(c3cccc(O)c3)CCCNC2)C=C1. The molecule has 4 rings (SSSR count). The van der Waals surface area contributed by atoms with Crippen molar-refractivity contribution in [2.24, 2.45) is 0 Å². The lowest BCUT2D eigenvalue weighted by atomic mass is 9.68. The second kappa shape index (κ2) is 9.53. The highest BCUT2D eigenvalue weighted by atomic mass is 16.3. The summed E-state index contributed by atoms with van der Waals surface area (Å²) in [6, 6.07) is 9.19. The fourth-order valence-corrected chi connectivity index (χ4v) is 4.85. The molecule has 168 valence electrons. The number of hydrogen-bond acceptors (Lipinski definition) is 6. The van der Waals surface area contributed by atoms with Crippen molar-refractivity contribution in [2.75, 3.05) is 31.1 Å². The van der Waals surface area contributed by atoms with Crippen molar-refractivity contribution in [1.29, 1.82) is 0 Å². The summed E-state index contributed by atoms with van der Waals surface area (Å²) >= 11 is 0. The summed E-state index contributed by atoms with van der Waals surface area (Å²) in [5.41, 5.74) is 1.37. The zero-order valence-corrected chi connectivity index (χ0v) is 18.7. The first-order chi connectivity index (χ1) is 15.6. The van der Waals surface area contributed by atoms with Crippen molar-refractivity contribution >= 4 is 11.9 Å². The Balaban J connectivity index is 1.81. The van der Waals surface area contributed by atoms with Crippen LogP contribution in [-0.2, 0) is 10.2 Å². The van der Waals surface area contributed by atoms with Gasteiger partial charge in [-0.1, -0.05) is 18.2 Å². The Morgan fingerprint density at radius 1 is 1.25 bits per heavy atom. The number of carbonyl (C=O) groups excluding carboxylic acids is 1. The minimum Gasteiger partial charge on any atom is -0.508 e. The van der Waals surface area contributed by atoms with E-state index >= 15 is 0 Å². The number of phenolic OH excluding ortho intramolecular Hbond substituents is 1. The molecule has 1 aromatic heterocycles. The molecule has 3 heterocycles. The van der Waals surface area contributed by atoms with Gasteiger partial charge >= 0.3 is 0 Å². The molecule has 2 unspecified atom stereocenters. The van der Waals surface area contributed by atoms with Gasteiger partial charge in [-0.3, -0.25) is 4.79 Å². The van der Waals surface area contributed by atoms with Crippen molar-refractivity contribution < 1.29 is 9.90 Å². The number of phenols is 1. The molecular weight excluding hydrogens is 402 g/mol. The Kier molecular flexibility index (Phi) is 6.55. The largest absolute Gasteiger partial charge is 0.508 e. The van der Waals surface area contributed by atoms with Gasteiger partial charge in [-0.15, -0.1) is 0 Å². The summed E-state index contributed by atoms with van der Waals surface area (Å²) in [5, 5.41) is 13.8. The van der Waals surface area contributed by atoms with Crippen LogP contribution in [0.3, 0.4) is 0 Å². The fraction of sp³-hybridized carbons (Fsp3) is 0.400. The molecule has 2 N–H and O–H groups in total. The lowest BCUT2D eigenvalue weighted by Gasteiger charge is -2.48. The molecule has 1 fully saturated rings. The topological polar surface area (TPSA) is 81.6 Å². The summed E-state index contributed by atoms with van der Waals surface area (Å²) in [7, 11) is 0. The number of aromatic nitrogens is 2. The second-order valence-electron chi connectivity index (χ2n) is 8.31. The van der Waals surface area contributed by atoms with Crippen LogP contribution in [0, 0.1) is 0 Å². The van der Waals surface area contributed by atoms with Crippen LogP contribution in [0.15, 0.2) is 66.7 Å². The van der Waals surface area contributed by atoms with Crippen LogP contribution in [0.4, 0.5) is 5.95 Å². The molecule has 1 saturated heterocycles. The van der Waals surface area contributed by atoms with E-state index in [2.05, 4.69) is 27.4 Å². The molecule has 7 nitrogen and oxygen atoms in total. The number of benzene rings is 1. The Hall–Kier alpha value is -3.19. The molecule has 0 saturated carbocycles. The summed E-state index contributed by atoms with van der Waals surface area (Å²) in [5.74, 6) is 0.804. The monoisotopic (exact) mass is 433 g/mol. The number of nitrogens with zero attached hydrogens (tertiary/aromatic N) is 4. The molecule has 2 atom stereocenters. The van der Waals surface area contributed by atoms with Crippen molar-refractivity contribution in [1.82, 2.24) is 20.2 Å². The third-order valence-electron chi connectivity index (χ3n) is 6.52.